The van der Waals surface area contributed by atoms with E-state index in [1.807, 2.05) is 6.92 Å². The van der Waals surface area contributed by atoms with Gasteiger partial charge in [0, 0.05) is 11.0 Å². The molecule has 0 aromatic rings. The molecule has 21 heavy (non-hydrogen) atoms. The molecule has 1 rings (SSSR count). The number of carbonyl (C=O) groups excluding carboxylic acids is 3. The molecule has 8 heteroatoms. The van der Waals surface area contributed by atoms with Crippen LogP contribution in [-0.4, -0.2) is 53.8 Å². The zero-order chi connectivity index (χ0) is 16.2. The normalized spacial score (nSPS) is 26.3. The number of hydrogen-bond donors (Lipinski definition) is 2. The van der Waals surface area contributed by atoms with E-state index in [2.05, 4.69) is 15.4 Å². The van der Waals surface area contributed by atoms with E-state index in [1.165, 1.54) is 18.9 Å². The lowest BCUT2D eigenvalue weighted by Crippen LogP contribution is -2.53. The lowest BCUT2D eigenvalue weighted by molar-refractivity contribution is -0.145. The molecule has 1 aliphatic rings. The van der Waals surface area contributed by atoms with Gasteiger partial charge in [-0.2, -0.15) is 11.8 Å². The molecule has 1 saturated heterocycles. The average Bonchev–Trinajstić information content (AvgIpc) is 2.48. The van der Waals surface area contributed by atoms with Crippen molar-refractivity contribution in [2.24, 2.45) is 0 Å². The van der Waals surface area contributed by atoms with Gasteiger partial charge in [-0.15, -0.1) is 0 Å². The van der Waals surface area contributed by atoms with Crippen molar-refractivity contribution < 1.29 is 23.9 Å². The van der Waals surface area contributed by atoms with Crippen LogP contribution in [0, 0.1) is 0 Å². The van der Waals surface area contributed by atoms with Crippen LogP contribution in [0.15, 0.2) is 0 Å². The van der Waals surface area contributed by atoms with Crippen LogP contribution >= 0.6 is 11.8 Å². The fourth-order valence-electron chi connectivity index (χ4n) is 1.73. The maximum atomic E-state index is 12.1. The van der Waals surface area contributed by atoms with Crippen LogP contribution in [0.1, 0.15) is 27.7 Å². The Balaban J connectivity index is 2.68. The highest BCUT2D eigenvalue weighted by molar-refractivity contribution is 8.00. The van der Waals surface area contributed by atoms with Crippen molar-refractivity contribution in [3.8, 4) is 0 Å². The third kappa shape index (κ3) is 5.45. The second-order valence-corrected chi connectivity index (χ2v) is 7.16. The Morgan fingerprint density at radius 2 is 2.00 bits per heavy atom. The lowest BCUT2D eigenvalue weighted by atomic mass is 10.2. The van der Waals surface area contributed by atoms with Gasteiger partial charge in [0.1, 0.15) is 17.7 Å². The van der Waals surface area contributed by atoms with E-state index in [0.29, 0.717) is 5.75 Å². The quantitative estimate of drug-likeness (QED) is 0.727. The molecule has 0 bridgehead atoms. The van der Waals surface area contributed by atoms with Crippen molar-refractivity contribution >= 4 is 29.7 Å². The Bertz CT molecular complexity index is 421. The number of hydrogen-bond acceptors (Lipinski definition) is 6. The molecule has 3 atom stereocenters. The smallest absolute Gasteiger partial charge is 0.408 e. The Morgan fingerprint density at radius 1 is 1.38 bits per heavy atom. The predicted octanol–water partition coefficient (Wildman–Crippen LogP) is 0.673. The highest BCUT2D eigenvalue weighted by Crippen LogP contribution is 2.20. The molecule has 0 radical (unpaired) electrons. The molecule has 120 valence electrons. The maximum Gasteiger partial charge on any atom is 0.408 e. The van der Waals surface area contributed by atoms with Crippen molar-refractivity contribution in [1.29, 1.82) is 0 Å². The number of rotatable bonds is 2. The topological polar surface area (TPSA) is 93.7 Å². The number of methoxy groups -OCH3 is 1. The molecule has 0 aliphatic carbocycles. The molecule has 1 aliphatic heterocycles. The number of thioether (sulfide) groups is 1. The second kappa shape index (κ2) is 7.02. The molecule has 0 unspecified atom stereocenters. The largest absolute Gasteiger partial charge is 0.467 e. The van der Waals surface area contributed by atoms with Gasteiger partial charge >= 0.3 is 12.1 Å². The molecule has 1 heterocycles. The summed E-state index contributed by atoms with van der Waals surface area (Å²) in [5, 5.41) is 4.96. The van der Waals surface area contributed by atoms with Crippen LogP contribution in [0.4, 0.5) is 4.79 Å². The Kier molecular flexibility index (Phi) is 5.88. The molecular formula is C13H22N2O5S. The first-order chi connectivity index (χ1) is 9.64. The highest BCUT2D eigenvalue weighted by atomic mass is 32.2. The monoisotopic (exact) mass is 318 g/mol. The summed E-state index contributed by atoms with van der Waals surface area (Å²) in [7, 11) is 1.27. The predicted molar refractivity (Wildman–Crippen MR) is 79.0 cm³/mol. The number of alkyl carbamates (subject to hydrolysis) is 1. The number of carbonyl (C=O) groups is 3. The third-order valence-electron chi connectivity index (χ3n) is 2.76. The first-order valence-electron chi connectivity index (χ1n) is 6.63. The molecule has 1 fully saturated rings. The summed E-state index contributed by atoms with van der Waals surface area (Å²) in [6, 6.07) is -1.47. The SMILES string of the molecule is COC(=O)[C@H]1NC(=O)[C@@H](NC(=O)OC(C)(C)C)CS[C@@H]1C. The summed E-state index contributed by atoms with van der Waals surface area (Å²) < 4.78 is 9.79. The summed E-state index contributed by atoms with van der Waals surface area (Å²) in [4.78, 5) is 35.4. The average molecular weight is 318 g/mol. The van der Waals surface area contributed by atoms with Crippen molar-refractivity contribution in [2.45, 2.75) is 50.6 Å². The second-order valence-electron chi connectivity index (χ2n) is 5.75. The third-order valence-corrected chi connectivity index (χ3v) is 4.08. The van der Waals surface area contributed by atoms with Gasteiger partial charge in [-0.25, -0.2) is 9.59 Å². The number of amides is 2. The summed E-state index contributed by atoms with van der Waals surface area (Å²) in [6.07, 6.45) is -0.660. The van der Waals surface area contributed by atoms with E-state index in [1.54, 1.807) is 20.8 Å². The summed E-state index contributed by atoms with van der Waals surface area (Å²) in [5.41, 5.74) is -0.639. The molecule has 2 amide bonds. The van der Waals surface area contributed by atoms with Crippen molar-refractivity contribution in [1.82, 2.24) is 10.6 Å². The van der Waals surface area contributed by atoms with Gasteiger partial charge < -0.3 is 20.1 Å². The summed E-state index contributed by atoms with van der Waals surface area (Å²) in [5.74, 6) is -0.561. The van der Waals surface area contributed by atoms with E-state index >= 15 is 0 Å². The fraction of sp³-hybridized carbons (Fsp3) is 0.769. The van der Waals surface area contributed by atoms with Gasteiger partial charge in [-0.05, 0) is 20.8 Å². The van der Waals surface area contributed by atoms with Crippen LogP contribution < -0.4 is 10.6 Å². The van der Waals surface area contributed by atoms with E-state index in [4.69, 9.17) is 4.74 Å². The molecule has 0 aromatic heterocycles. The van der Waals surface area contributed by atoms with Gasteiger partial charge in [0.05, 0.1) is 7.11 Å². The van der Waals surface area contributed by atoms with Crippen LogP contribution in [0.25, 0.3) is 0 Å². The van der Waals surface area contributed by atoms with Gasteiger partial charge in [0.2, 0.25) is 5.91 Å². The Morgan fingerprint density at radius 3 is 2.52 bits per heavy atom. The maximum absolute atomic E-state index is 12.1. The van der Waals surface area contributed by atoms with Gasteiger partial charge in [-0.1, -0.05) is 6.92 Å². The van der Waals surface area contributed by atoms with Gasteiger partial charge in [0.15, 0.2) is 0 Å². The van der Waals surface area contributed by atoms with E-state index < -0.39 is 35.7 Å². The molecular weight excluding hydrogens is 296 g/mol. The van der Waals surface area contributed by atoms with Gasteiger partial charge in [-0.3, -0.25) is 4.79 Å². The first-order valence-corrected chi connectivity index (χ1v) is 7.68. The Hall–Kier alpha value is -1.44. The molecule has 7 nitrogen and oxygen atoms in total. The van der Waals surface area contributed by atoms with Gasteiger partial charge in [0.25, 0.3) is 0 Å². The summed E-state index contributed by atoms with van der Waals surface area (Å²) >= 11 is 1.41. The van der Waals surface area contributed by atoms with Crippen molar-refractivity contribution in [3.63, 3.8) is 0 Å². The minimum absolute atomic E-state index is 0.146. The standard InChI is InChI=1S/C13H22N2O5S/c1-7-9(11(17)19-5)15-10(16)8(6-21-7)14-12(18)20-13(2,3)4/h7-9H,6H2,1-5H3,(H,14,18)(H,15,16)/t7-,8+,9+/m1/s1. The lowest BCUT2D eigenvalue weighted by Gasteiger charge is -2.22. The van der Waals surface area contributed by atoms with Crippen LogP contribution in [0.3, 0.4) is 0 Å². The molecule has 0 saturated carbocycles. The number of nitrogens with one attached hydrogen (secondary N) is 2. The van der Waals surface area contributed by atoms with E-state index in [9.17, 15) is 14.4 Å². The highest BCUT2D eigenvalue weighted by Gasteiger charge is 2.36. The minimum Gasteiger partial charge on any atom is -0.467 e. The first kappa shape index (κ1) is 17.6. The van der Waals surface area contributed by atoms with Crippen LogP contribution in [0.2, 0.25) is 0 Å². The van der Waals surface area contributed by atoms with Crippen molar-refractivity contribution in [2.75, 3.05) is 12.9 Å². The minimum atomic E-state index is -0.748. The number of esters is 1. The zero-order valence-corrected chi connectivity index (χ0v) is 13.7. The zero-order valence-electron chi connectivity index (χ0n) is 12.9. The van der Waals surface area contributed by atoms with E-state index in [0.717, 1.165) is 0 Å². The fourth-order valence-corrected chi connectivity index (χ4v) is 2.83. The molecule has 2 N–H and O–H groups in total. The van der Waals surface area contributed by atoms with Crippen molar-refractivity contribution in [3.05, 3.63) is 0 Å². The number of ether oxygens (including phenoxy) is 2. The Labute approximate surface area is 128 Å². The van der Waals surface area contributed by atoms with E-state index in [-0.39, 0.29) is 5.25 Å². The van der Waals surface area contributed by atoms with Crippen LogP contribution in [-0.2, 0) is 19.1 Å². The summed E-state index contributed by atoms with van der Waals surface area (Å²) in [6.45, 7) is 7.04. The van der Waals surface area contributed by atoms with Crippen LogP contribution in [0.5, 0.6) is 0 Å². The molecule has 0 spiro atoms. The molecule has 0 aromatic carbocycles.